The van der Waals surface area contributed by atoms with Crippen LogP contribution in [-0.4, -0.2) is 33.4 Å². The monoisotopic (exact) mass is 250 g/mol. The van der Waals surface area contributed by atoms with Gasteiger partial charge in [0.1, 0.15) is 0 Å². The molecule has 0 fully saturated rings. The second-order valence-corrected chi connectivity index (χ2v) is 4.07. The van der Waals surface area contributed by atoms with Crippen molar-refractivity contribution in [2.75, 3.05) is 6.54 Å². The van der Waals surface area contributed by atoms with Crippen LogP contribution in [0.25, 0.3) is 0 Å². The third kappa shape index (κ3) is 4.53. The lowest BCUT2D eigenvalue weighted by molar-refractivity contribution is -0.141. The van der Waals surface area contributed by atoms with Crippen LogP contribution in [0.2, 0.25) is 0 Å². The molecular weight excluding hydrogens is 232 g/mol. The fourth-order valence-corrected chi connectivity index (χ4v) is 1.63. The molecule has 5 heteroatoms. The summed E-state index contributed by atoms with van der Waals surface area (Å²) in [5.74, 6) is -1.10. The molecule has 5 nitrogen and oxygen atoms in total. The topological polar surface area (TPSA) is 70.5 Å². The Morgan fingerprint density at radius 1 is 1.33 bits per heavy atom. The number of carbonyl (C=O) groups is 2. The number of aliphatic carboxylic acids is 1. The van der Waals surface area contributed by atoms with Crippen LogP contribution < -0.4 is 0 Å². The molecule has 0 aromatic carbocycles. The maximum absolute atomic E-state index is 11.8. The van der Waals surface area contributed by atoms with E-state index in [-0.39, 0.29) is 18.7 Å². The average molecular weight is 250 g/mol. The van der Waals surface area contributed by atoms with E-state index in [4.69, 9.17) is 5.11 Å². The van der Waals surface area contributed by atoms with E-state index in [1.54, 1.807) is 4.90 Å². The van der Waals surface area contributed by atoms with E-state index in [2.05, 4.69) is 4.98 Å². The van der Waals surface area contributed by atoms with Gasteiger partial charge in [0.05, 0.1) is 18.7 Å². The molecule has 18 heavy (non-hydrogen) atoms. The summed E-state index contributed by atoms with van der Waals surface area (Å²) in [6.07, 6.45) is -0.0917. The molecule has 0 unspecified atom stereocenters. The summed E-state index contributed by atoms with van der Waals surface area (Å²) in [6, 6.07) is 5.65. The highest BCUT2D eigenvalue weighted by Gasteiger charge is 2.14. The number of pyridine rings is 1. The fourth-order valence-electron chi connectivity index (χ4n) is 1.63. The lowest BCUT2D eigenvalue weighted by atomic mass is 10.2. The minimum atomic E-state index is -0.951. The van der Waals surface area contributed by atoms with Crippen molar-refractivity contribution in [3.8, 4) is 0 Å². The van der Waals surface area contributed by atoms with Crippen LogP contribution in [-0.2, 0) is 16.1 Å². The van der Waals surface area contributed by atoms with Crippen LogP contribution in [0.1, 0.15) is 31.2 Å². The molecule has 0 radical (unpaired) electrons. The van der Waals surface area contributed by atoms with Gasteiger partial charge < -0.3 is 10.0 Å². The zero-order valence-corrected chi connectivity index (χ0v) is 10.7. The third-order valence-corrected chi connectivity index (χ3v) is 2.59. The number of carboxylic acids is 1. The maximum Gasteiger partial charge on any atom is 0.303 e. The van der Waals surface area contributed by atoms with Crippen LogP contribution in [0.3, 0.4) is 0 Å². The zero-order chi connectivity index (χ0) is 13.5. The van der Waals surface area contributed by atoms with E-state index in [9.17, 15) is 9.59 Å². The van der Waals surface area contributed by atoms with Crippen LogP contribution >= 0.6 is 0 Å². The van der Waals surface area contributed by atoms with E-state index in [0.29, 0.717) is 13.1 Å². The molecule has 1 aromatic heterocycles. The smallest absolute Gasteiger partial charge is 0.303 e. The molecule has 0 saturated heterocycles. The second-order valence-electron chi connectivity index (χ2n) is 4.07. The molecule has 98 valence electrons. The lowest BCUT2D eigenvalue weighted by Gasteiger charge is -2.20. The first-order valence-corrected chi connectivity index (χ1v) is 5.95. The number of rotatable bonds is 6. The summed E-state index contributed by atoms with van der Waals surface area (Å²) in [5.41, 5.74) is 1.72. The van der Waals surface area contributed by atoms with E-state index < -0.39 is 5.97 Å². The van der Waals surface area contributed by atoms with Crippen LogP contribution in [0.4, 0.5) is 0 Å². The number of hydrogen-bond donors (Lipinski definition) is 1. The van der Waals surface area contributed by atoms with Gasteiger partial charge in [-0.05, 0) is 26.0 Å². The molecule has 1 heterocycles. The Bertz CT molecular complexity index is 432. The van der Waals surface area contributed by atoms with E-state index >= 15 is 0 Å². The summed E-state index contributed by atoms with van der Waals surface area (Å²) < 4.78 is 0. The molecule has 0 saturated carbocycles. The van der Waals surface area contributed by atoms with Crippen molar-refractivity contribution in [1.82, 2.24) is 9.88 Å². The Labute approximate surface area is 106 Å². The standard InChI is InChI=1S/C13H18N2O3/c1-3-15(12(16)7-8-13(17)18)9-11-6-4-5-10(2)14-11/h4-6H,3,7-9H2,1-2H3,(H,17,18). The van der Waals surface area contributed by atoms with Gasteiger partial charge in [0.25, 0.3) is 0 Å². The maximum atomic E-state index is 11.8. The predicted octanol–water partition coefficient (Wildman–Crippen LogP) is 1.60. The van der Waals surface area contributed by atoms with Crippen molar-refractivity contribution in [3.63, 3.8) is 0 Å². The van der Waals surface area contributed by atoms with Crippen molar-refractivity contribution in [1.29, 1.82) is 0 Å². The second kappa shape index (κ2) is 6.74. The van der Waals surface area contributed by atoms with Crippen molar-refractivity contribution in [3.05, 3.63) is 29.6 Å². The average Bonchev–Trinajstić information content (AvgIpc) is 2.33. The van der Waals surface area contributed by atoms with Gasteiger partial charge in [0.2, 0.25) is 5.91 Å². The molecule has 1 rings (SSSR count). The van der Waals surface area contributed by atoms with Gasteiger partial charge in [-0.25, -0.2) is 0 Å². The number of amides is 1. The van der Waals surface area contributed by atoms with Gasteiger partial charge in [0.15, 0.2) is 0 Å². The van der Waals surface area contributed by atoms with Crippen molar-refractivity contribution < 1.29 is 14.7 Å². The highest BCUT2D eigenvalue weighted by molar-refractivity contribution is 5.80. The molecule has 0 aliphatic rings. The van der Waals surface area contributed by atoms with Gasteiger partial charge in [0, 0.05) is 18.7 Å². The zero-order valence-electron chi connectivity index (χ0n) is 10.7. The lowest BCUT2D eigenvalue weighted by Crippen LogP contribution is -2.30. The molecule has 0 spiro atoms. The quantitative estimate of drug-likeness (QED) is 0.832. The Kier molecular flexibility index (Phi) is 5.30. The summed E-state index contributed by atoms with van der Waals surface area (Å²) in [7, 11) is 0. The van der Waals surface area contributed by atoms with Crippen molar-refractivity contribution in [2.45, 2.75) is 33.2 Å². The molecule has 1 amide bonds. The first kappa shape index (κ1) is 14.2. The van der Waals surface area contributed by atoms with Gasteiger partial charge in [-0.15, -0.1) is 0 Å². The van der Waals surface area contributed by atoms with E-state index in [1.807, 2.05) is 32.0 Å². The third-order valence-electron chi connectivity index (χ3n) is 2.59. The number of nitrogens with zero attached hydrogens (tertiary/aromatic N) is 2. The van der Waals surface area contributed by atoms with Gasteiger partial charge in [-0.1, -0.05) is 6.07 Å². The number of carboxylic acid groups (broad SMARTS) is 1. The Morgan fingerprint density at radius 3 is 2.61 bits per heavy atom. The van der Waals surface area contributed by atoms with Gasteiger partial charge >= 0.3 is 5.97 Å². The number of hydrogen-bond acceptors (Lipinski definition) is 3. The SMILES string of the molecule is CCN(Cc1cccc(C)n1)C(=O)CCC(=O)O. The number of carbonyl (C=O) groups excluding carboxylic acids is 1. The number of aryl methyl sites for hydroxylation is 1. The van der Waals surface area contributed by atoms with Crippen LogP contribution in [0.15, 0.2) is 18.2 Å². The summed E-state index contributed by atoms with van der Waals surface area (Å²) in [6.45, 7) is 4.74. The van der Waals surface area contributed by atoms with E-state index in [0.717, 1.165) is 11.4 Å². The molecule has 1 N–H and O–H groups in total. The molecule has 1 aromatic rings. The summed E-state index contributed by atoms with van der Waals surface area (Å²) in [5, 5.41) is 8.56. The summed E-state index contributed by atoms with van der Waals surface area (Å²) >= 11 is 0. The highest BCUT2D eigenvalue weighted by atomic mass is 16.4. The van der Waals surface area contributed by atoms with Crippen LogP contribution in [0.5, 0.6) is 0 Å². The van der Waals surface area contributed by atoms with E-state index in [1.165, 1.54) is 0 Å². The highest BCUT2D eigenvalue weighted by Crippen LogP contribution is 2.06. The molecule has 0 aliphatic heterocycles. The Balaban J connectivity index is 2.61. The first-order chi connectivity index (χ1) is 8.52. The fraction of sp³-hybridized carbons (Fsp3) is 0.462. The van der Waals surface area contributed by atoms with Gasteiger partial charge in [-0.2, -0.15) is 0 Å². The molecular formula is C13H18N2O3. The summed E-state index contributed by atoms with van der Waals surface area (Å²) in [4.78, 5) is 28.2. The van der Waals surface area contributed by atoms with Gasteiger partial charge in [-0.3, -0.25) is 14.6 Å². The largest absolute Gasteiger partial charge is 0.481 e. The number of aromatic nitrogens is 1. The van der Waals surface area contributed by atoms with Crippen molar-refractivity contribution >= 4 is 11.9 Å². The minimum Gasteiger partial charge on any atom is -0.481 e. The van der Waals surface area contributed by atoms with Crippen LogP contribution in [0, 0.1) is 6.92 Å². The predicted molar refractivity (Wildman–Crippen MR) is 66.9 cm³/mol. The molecule has 0 atom stereocenters. The minimum absolute atomic E-state index is 0.0367. The van der Waals surface area contributed by atoms with Crippen molar-refractivity contribution in [2.24, 2.45) is 0 Å². The first-order valence-electron chi connectivity index (χ1n) is 5.95. The Morgan fingerprint density at radius 2 is 2.06 bits per heavy atom. The Hall–Kier alpha value is -1.91. The molecule has 0 aliphatic carbocycles. The molecule has 0 bridgehead atoms. The normalized spacial score (nSPS) is 10.1.